The van der Waals surface area contributed by atoms with E-state index in [2.05, 4.69) is 74.6 Å². The second kappa shape index (κ2) is 84.7. The summed E-state index contributed by atoms with van der Waals surface area (Å²) in [5.74, 6) is -0.768. The van der Waals surface area contributed by atoms with Crippen molar-refractivity contribution >= 4 is 19.8 Å². The first-order chi connectivity index (χ1) is 51.0. The molecule has 0 aliphatic carbocycles. The Morgan fingerprint density at radius 1 is 0.308 bits per heavy atom. The van der Waals surface area contributed by atoms with Crippen molar-refractivity contribution in [3.05, 3.63) is 60.8 Å². The van der Waals surface area contributed by atoms with Crippen LogP contribution in [0.25, 0.3) is 0 Å². The Morgan fingerprint density at radius 3 is 0.827 bits per heavy atom. The van der Waals surface area contributed by atoms with Gasteiger partial charge in [0.05, 0.1) is 27.7 Å². The zero-order chi connectivity index (χ0) is 75.4. The summed E-state index contributed by atoms with van der Waals surface area (Å²) in [6.45, 7) is 4.41. The summed E-state index contributed by atoms with van der Waals surface area (Å²) in [4.78, 5) is 36.1. The molecular weight excluding hydrogens is 1300 g/mol. The molecule has 0 fully saturated rings. The highest BCUT2D eigenvalue weighted by Crippen LogP contribution is 2.43. The third-order valence-electron chi connectivity index (χ3n) is 21.0. The van der Waals surface area contributed by atoms with E-state index in [1.165, 1.54) is 385 Å². The van der Waals surface area contributed by atoms with Crippen molar-refractivity contribution in [2.24, 2.45) is 0 Å². The number of nitrogens with zero attached hydrogens (tertiary/aromatic N) is 1. The molecule has 10 heteroatoms. The summed E-state index contributed by atoms with van der Waals surface area (Å²) < 4.78 is 34.9. The lowest BCUT2D eigenvalue weighted by atomic mass is 10.0. The monoisotopic (exact) mass is 1480 g/mol. The molecule has 1 N–H and O–H groups in total. The van der Waals surface area contributed by atoms with Gasteiger partial charge >= 0.3 is 19.8 Å². The van der Waals surface area contributed by atoms with Crippen molar-refractivity contribution in [1.82, 2.24) is 0 Å². The molecule has 0 bridgehead atoms. The van der Waals surface area contributed by atoms with E-state index in [9.17, 15) is 19.0 Å². The zero-order valence-corrected chi connectivity index (χ0v) is 71.2. The van der Waals surface area contributed by atoms with Gasteiger partial charge < -0.3 is 18.9 Å². The third-order valence-corrected chi connectivity index (χ3v) is 22.0. The van der Waals surface area contributed by atoms with Crippen LogP contribution in [0.4, 0.5) is 0 Å². The summed E-state index contributed by atoms with van der Waals surface area (Å²) in [5.41, 5.74) is 0. The Labute approximate surface area is 648 Å². The fourth-order valence-electron chi connectivity index (χ4n) is 14.1. The minimum absolute atomic E-state index is 0.0351. The van der Waals surface area contributed by atoms with Crippen LogP contribution in [0.1, 0.15) is 476 Å². The molecule has 0 aliphatic rings. The zero-order valence-electron chi connectivity index (χ0n) is 70.3. The van der Waals surface area contributed by atoms with E-state index < -0.39 is 26.5 Å². The number of phosphoric acid groups is 1. The van der Waals surface area contributed by atoms with Gasteiger partial charge in [0.2, 0.25) is 0 Å². The van der Waals surface area contributed by atoms with Gasteiger partial charge in [-0.2, -0.15) is 0 Å². The molecule has 0 heterocycles. The van der Waals surface area contributed by atoms with E-state index in [0.717, 1.165) is 57.8 Å². The second-order valence-electron chi connectivity index (χ2n) is 32.7. The molecule has 104 heavy (non-hydrogen) atoms. The number of carbonyl (C=O) groups excluding carboxylic acids is 2. The molecule has 0 spiro atoms. The summed E-state index contributed by atoms with van der Waals surface area (Å²) in [7, 11) is 1.51. The number of unbranched alkanes of at least 4 members (excludes halogenated alkanes) is 63. The van der Waals surface area contributed by atoms with Gasteiger partial charge in [0.1, 0.15) is 19.8 Å². The number of hydrogen-bond acceptors (Lipinski definition) is 7. The lowest BCUT2D eigenvalue weighted by Crippen LogP contribution is -2.37. The number of quaternary nitrogens is 1. The molecule has 0 aliphatic heterocycles. The normalized spacial score (nSPS) is 13.2. The fourth-order valence-corrected chi connectivity index (χ4v) is 14.8. The molecule has 0 rings (SSSR count). The van der Waals surface area contributed by atoms with Crippen LogP contribution in [-0.4, -0.2) is 74.9 Å². The van der Waals surface area contributed by atoms with Crippen LogP contribution >= 0.6 is 7.82 Å². The van der Waals surface area contributed by atoms with E-state index in [-0.39, 0.29) is 25.6 Å². The van der Waals surface area contributed by atoms with Crippen LogP contribution in [0.2, 0.25) is 0 Å². The third kappa shape index (κ3) is 88.6. The average Bonchev–Trinajstić information content (AvgIpc) is 0.915. The van der Waals surface area contributed by atoms with Gasteiger partial charge in [0.15, 0.2) is 6.10 Å². The van der Waals surface area contributed by atoms with Gasteiger partial charge in [0, 0.05) is 12.8 Å². The van der Waals surface area contributed by atoms with Crippen molar-refractivity contribution in [3.63, 3.8) is 0 Å². The Kier molecular flexibility index (Phi) is 82.9. The average molecular weight is 1480 g/mol. The van der Waals surface area contributed by atoms with Gasteiger partial charge in [-0.05, 0) is 77.0 Å². The molecule has 9 nitrogen and oxygen atoms in total. The van der Waals surface area contributed by atoms with E-state index in [4.69, 9.17) is 18.5 Å². The van der Waals surface area contributed by atoms with Crippen LogP contribution in [0.3, 0.4) is 0 Å². The number of allylic oxidation sites excluding steroid dienone is 10. The predicted molar refractivity (Wildman–Crippen MR) is 455 cm³/mol. The summed E-state index contributed by atoms with van der Waals surface area (Å²) in [6.07, 6.45) is 116. The number of rotatable bonds is 87. The largest absolute Gasteiger partial charge is 0.472 e. The van der Waals surface area contributed by atoms with Crippen molar-refractivity contribution in [2.75, 3.05) is 47.5 Å². The van der Waals surface area contributed by atoms with Crippen molar-refractivity contribution < 1.29 is 42.1 Å². The molecule has 0 aromatic carbocycles. The number of carbonyl (C=O) groups is 2. The van der Waals surface area contributed by atoms with Crippen molar-refractivity contribution in [2.45, 2.75) is 482 Å². The molecule has 0 aromatic rings. The molecule has 0 amide bonds. The minimum atomic E-state index is -4.40. The van der Waals surface area contributed by atoms with Crippen molar-refractivity contribution in [1.29, 1.82) is 0 Å². The molecular formula is C94H179NO8P+. The first-order valence-corrected chi connectivity index (χ1v) is 47.5. The Balaban J connectivity index is 3.82. The molecule has 2 unspecified atom stereocenters. The Bertz CT molecular complexity index is 1940. The first-order valence-electron chi connectivity index (χ1n) is 46.0. The Morgan fingerprint density at radius 2 is 0.548 bits per heavy atom. The summed E-state index contributed by atoms with van der Waals surface area (Å²) in [6, 6.07) is 0. The number of hydrogen-bond donors (Lipinski definition) is 1. The molecule has 612 valence electrons. The second-order valence-corrected chi connectivity index (χ2v) is 34.1. The maximum atomic E-state index is 13.0. The molecule has 0 saturated heterocycles. The van der Waals surface area contributed by atoms with Crippen LogP contribution in [0.15, 0.2) is 60.8 Å². The smallest absolute Gasteiger partial charge is 0.462 e. The summed E-state index contributed by atoms with van der Waals surface area (Å²) in [5, 5.41) is 0. The SMILES string of the molecule is CC/C=C\C/C=C\C/C=C\C/C=C\CCCCCCCCCCCCCCCCCCCCCCCCCCCCC(=O)OC(COC(=O)CCCCCCCCCCCCCCCCCCCCCCCCCCCCCCC/C=C\CCCCCCCCCC)COP(=O)(O)OCC[N+](C)(C)C. The predicted octanol–water partition coefficient (Wildman–Crippen LogP) is 31.2. The number of esters is 2. The van der Waals surface area contributed by atoms with Crippen LogP contribution < -0.4 is 0 Å². The van der Waals surface area contributed by atoms with E-state index >= 15 is 0 Å². The topological polar surface area (TPSA) is 108 Å². The fraction of sp³-hybridized carbons (Fsp3) is 0.872. The highest BCUT2D eigenvalue weighted by Gasteiger charge is 2.27. The van der Waals surface area contributed by atoms with Gasteiger partial charge in [-0.25, -0.2) is 4.57 Å². The highest BCUT2D eigenvalue weighted by atomic mass is 31.2. The van der Waals surface area contributed by atoms with E-state index in [0.29, 0.717) is 23.9 Å². The Hall–Kier alpha value is -2.29. The van der Waals surface area contributed by atoms with Crippen LogP contribution in [0.5, 0.6) is 0 Å². The van der Waals surface area contributed by atoms with Gasteiger partial charge in [-0.15, -0.1) is 0 Å². The molecule has 0 aromatic heterocycles. The maximum Gasteiger partial charge on any atom is 0.472 e. The lowest BCUT2D eigenvalue weighted by Gasteiger charge is -2.24. The standard InChI is InChI=1S/C94H178NO8P/c1-6-8-10-12-14-16-18-20-22-24-26-28-30-32-34-36-38-40-42-44-46-47-49-50-52-54-56-58-60-62-64-66-68-70-72-74-76-78-80-82-84-86-93(96)100-90-92(91-102-104(98,99)101-89-88-95(3,4)5)103-94(97)87-85-83-81-79-77-75-73-71-69-67-65-63-61-59-57-55-53-51-48-45-43-41-39-37-35-33-31-29-27-25-23-21-19-17-15-13-11-9-7-2/h9,11,15,17,21,23-24,26-27,29,92H,6-8,10,12-14,16,18-20,22,25,28,30-91H2,1-5H3/p+1/b11-9-,17-15-,23-21-,26-24-,29-27-. The molecule has 0 radical (unpaired) electrons. The molecule has 0 saturated carbocycles. The lowest BCUT2D eigenvalue weighted by molar-refractivity contribution is -0.870. The molecule has 2 atom stereocenters. The van der Waals surface area contributed by atoms with E-state index in [1.54, 1.807) is 0 Å². The number of phosphoric ester groups is 1. The highest BCUT2D eigenvalue weighted by molar-refractivity contribution is 7.47. The maximum absolute atomic E-state index is 13.0. The van der Waals surface area contributed by atoms with Gasteiger partial charge in [-0.3, -0.25) is 18.6 Å². The minimum Gasteiger partial charge on any atom is -0.462 e. The van der Waals surface area contributed by atoms with Crippen LogP contribution in [-0.2, 0) is 32.7 Å². The van der Waals surface area contributed by atoms with Gasteiger partial charge in [-0.1, -0.05) is 447 Å². The van der Waals surface area contributed by atoms with Crippen molar-refractivity contribution in [3.8, 4) is 0 Å². The summed E-state index contributed by atoms with van der Waals surface area (Å²) >= 11 is 0. The van der Waals surface area contributed by atoms with E-state index in [1.807, 2.05) is 21.1 Å². The first kappa shape index (κ1) is 102. The number of ether oxygens (including phenoxy) is 2. The van der Waals surface area contributed by atoms with Crippen LogP contribution in [0, 0.1) is 0 Å². The number of likely N-dealkylation sites (N-methyl/N-ethyl adjacent to an activating group) is 1. The quantitative estimate of drug-likeness (QED) is 0.0211. The van der Waals surface area contributed by atoms with Gasteiger partial charge in [0.25, 0.3) is 0 Å².